The van der Waals surface area contributed by atoms with Gasteiger partial charge in [-0.05, 0) is 30.5 Å². The zero-order valence-electron chi connectivity index (χ0n) is 10.4. The molecule has 1 aromatic rings. The number of hydrogen-bond acceptors (Lipinski definition) is 4. The minimum absolute atomic E-state index is 0.0788. The maximum atomic E-state index is 8.45. The number of nitrogens with zero attached hydrogens (tertiary/aromatic N) is 1. The molecule has 18 heavy (non-hydrogen) atoms. The second-order valence-corrected chi connectivity index (χ2v) is 4.44. The summed E-state index contributed by atoms with van der Waals surface area (Å²) in [6.45, 7) is 0.732. The molecule has 1 aromatic carbocycles. The first-order valence-corrected chi connectivity index (χ1v) is 6.35. The van der Waals surface area contributed by atoms with E-state index >= 15 is 0 Å². The summed E-state index contributed by atoms with van der Waals surface area (Å²) in [6, 6.07) is 9.64. The molecule has 96 valence electrons. The fourth-order valence-electron chi connectivity index (χ4n) is 2.11. The zero-order valence-corrected chi connectivity index (χ0v) is 10.4. The number of nitriles is 1. The van der Waals surface area contributed by atoms with E-state index in [-0.39, 0.29) is 6.61 Å². The predicted molar refractivity (Wildman–Crippen MR) is 67.7 cm³/mol. The van der Waals surface area contributed by atoms with Crippen LogP contribution in [0.25, 0.3) is 0 Å². The van der Waals surface area contributed by atoms with Crippen molar-refractivity contribution in [1.29, 1.82) is 5.26 Å². The molecule has 0 bridgehead atoms. The molecule has 0 amide bonds. The van der Waals surface area contributed by atoms with Crippen LogP contribution in [0.1, 0.15) is 31.2 Å². The van der Waals surface area contributed by atoms with Crippen molar-refractivity contribution in [2.24, 2.45) is 0 Å². The molecule has 0 aliphatic heterocycles. The summed E-state index contributed by atoms with van der Waals surface area (Å²) in [4.78, 5) is 5.58. The average Bonchev–Trinajstić information content (AvgIpc) is 2.90. The minimum Gasteiger partial charge on any atom is -0.479 e. The molecular weight excluding hydrogens is 228 g/mol. The highest BCUT2D eigenvalue weighted by atomic mass is 16.7. The van der Waals surface area contributed by atoms with E-state index < -0.39 is 0 Å². The fourth-order valence-corrected chi connectivity index (χ4v) is 2.11. The third-order valence-corrected chi connectivity index (χ3v) is 3.03. The van der Waals surface area contributed by atoms with E-state index in [4.69, 9.17) is 14.8 Å². The molecule has 4 nitrogen and oxygen atoms in total. The fraction of sp³-hybridized carbons (Fsp3) is 0.500. The van der Waals surface area contributed by atoms with Gasteiger partial charge in [-0.1, -0.05) is 25.0 Å². The van der Waals surface area contributed by atoms with Crippen LogP contribution in [0.5, 0.6) is 5.75 Å². The van der Waals surface area contributed by atoms with Crippen LogP contribution in [0, 0.1) is 11.3 Å². The van der Waals surface area contributed by atoms with Gasteiger partial charge in [0, 0.05) is 6.54 Å². The van der Waals surface area contributed by atoms with Crippen LogP contribution in [0.3, 0.4) is 0 Å². The number of hydrogen-bond donors (Lipinski definition) is 1. The second kappa shape index (κ2) is 7.00. The lowest BCUT2D eigenvalue weighted by molar-refractivity contribution is -0.0244. The summed E-state index contributed by atoms with van der Waals surface area (Å²) < 4.78 is 5.25. The van der Waals surface area contributed by atoms with E-state index in [0.29, 0.717) is 12.6 Å². The molecule has 1 aliphatic carbocycles. The Morgan fingerprint density at radius 3 is 2.94 bits per heavy atom. The predicted octanol–water partition coefficient (Wildman–Crippen LogP) is 2.55. The van der Waals surface area contributed by atoms with Crippen LogP contribution in [-0.4, -0.2) is 12.7 Å². The molecule has 2 rings (SSSR count). The zero-order chi connectivity index (χ0) is 12.6. The van der Waals surface area contributed by atoms with Crippen molar-refractivity contribution < 1.29 is 9.57 Å². The van der Waals surface area contributed by atoms with E-state index in [9.17, 15) is 0 Å². The third-order valence-electron chi connectivity index (χ3n) is 3.03. The maximum absolute atomic E-state index is 8.45. The second-order valence-electron chi connectivity index (χ2n) is 4.44. The number of ether oxygens (including phenoxy) is 1. The molecule has 0 saturated heterocycles. The summed E-state index contributed by atoms with van der Waals surface area (Å²) in [5.41, 5.74) is 4.09. The summed E-state index contributed by atoms with van der Waals surface area (Å²) in [5, 5.41) is 8.45. The van der Waals surface area contributed by atoms with Gasteiger partial charge in [-0.3, -0.25) is 4.84 Å². The Morgan fingerprint density at radius 2 is 2.17 bits per heavy atom. The molecule has 4 heteroatoms. The topological polar surface area (TPSA) is 54.3 Å². The van der Waals surface area contributed by atoms with Gasteiger partial charge in [-0.25, -0.2) is 0 Å². The summed E-state index contributed by atoms with van der Waals surface area (Å²) in [5.74, 6) is 0.719. The van der Waals surface area contributed by atoms with Gasteiger partial charge in [0.2, 0.25) is 0 Å². The number of benzene rings is 1. The molecule has 0 spiro atoms. The van der Waals surface area contributed by atoms with Crippen molar-refractivity contribution in [2.45, 2.75) is 38.3 Å². The van der Waals surface area contributed by atoms with E-state index in [1.807, 2.05) is 30.3 Å². The highest BCUT2D eigenvalue weighted by molar-refractivity contribution is 5.28. The lowest BCUT2D eigenvalue weighted by atomic mass is 10.2. The standard InChI is InChI=1S/C14H18N2O2/c15-8-9-17-14-7-3-4-12(10-14)11-16-18-13-5-1-2-6-13/h3-4,7,10,13,16H,1-2,5-6,9,11H2. The maximum Gasteiger partial charge on any atom is 0.174 e. The Kier molecular flexibility index (Phi) is 5.00. The third kappa shape index (κ3) is 4.02. The van der Waals surface area contributed by atoms with Crippen molar-refractivity contribution in [3.8, 4) is 11.8 Å². The number of nitrogens with one attached hydrogen (secondary N) is 1. The lowest BCUT2D eigenvalue weighted by Gasteiger charge is -2.12. The summed E-state index contributed by atoms with van der Waals surface area (Å²) in [6.07, 6.45) is 5.20. The van der Waals surface area contributed by atoms with Gasteiger partial charge in [0.1, 0.15) is 11.8 Å². The Morgan fingerprint density at radius 1 is 1.33 bits per heavy atom. The van der Waals surface area contributed by atoms with Crippen molar-refractivity contribution >= 4 is 0 Å². The van der Waals surface area contributed by atoms with E-state index in [2.05, 4.69) is 5.48 Å². The molecule has 1 N–H and O–H groups in total. The molecule has 0 atom stereocenters. The molecular formula is C14H18N2O2. The normalized spacial score (nSPS) is 15.5. The first kappa shape index (κ1) is 12.9. The lowest BCUT2D eigenvalue weighted by Crippen LogP contribution is -2.21. The molecule has 1 fully saturated rings. The van der Waals surface area contributed by atoms with Crippen LogP contribution in [0.4, 0.5) is 0 Å². The highest BCUT2D eigenvalue weighted by Crippen LogP contribution is 2.20. The van der Waals surface area contributed by atoms with Gasteiger partial charge in [-0.15, -0.1) is 0 Å². The van der Waals surface area contributed by atoms with Gasteiger partial charge in [-0.2, -0.15) is 10.7 Å². The van der Waals surface area contributed by atoms with E-state index in [1.54, 1.807) is 0 Å². The van der Waals surface area contributed by atoms with Crippen LogP contribution < -0.4 is 10.2 Å². The van der Waals surface area contributed by atoms with Crippen LogP contribution in [0.2, 0.25) is 0 Å². The first-order valence-electron chi connectivity index (χ1n) is 6.35. The molecule has 1 aliphatic rings. The smallest absolute Gasteiger partial charge is 0.174 e. The van der Waals surface area contributed by atoms with Crippen molar-refractivity contribution in [1.82, 2.24) is 5.48 Å². The Labute approximate surface area is 107 Å². The minimum atomic E-state index is 0.0788. The Bertz CT molecular complexity index is 409. The van der Waals surface area contributed by atoms with Gasteiger partial charge < -0.3 is 4.74 Å². The first-order chi connectivity index (χ1) is 8.88. The van der Waals surface area contributed by atoms with Crippen LogP contribution in [0.15, 0.2) is 24.3 Å². The Balaban J connectivity index is 1.76. The van der Waals surface area contributed by atoms with Crippen LogP contribution in [-0.2, 0) is 11.4 Å². The Hall–Kier alpha value is -1.57. The van der Waals surface area contributed by atoms with Gasteiger partial charge in [0.25, 0.3) is 0 Å². The van der Waals surface area contributed by atoms with E-state index in [0.717, 1.165) is 24.2 Å². The molecule has 0 radical (unpaired) electrons. The van der Waals surface area contributed by atoms with Crippen molar-refractivity contribution in [3.63, 3.8) is 0 Å². The molecule has 1 saturated carbocycles. The van der Waals surface area contributed by atoms with Crippen molar-refractivity contribution in [3.05, 3.63) is 29.8 Å². The summed E-state index contributed by atoms with van der Waals surface area (Å²) >= 11 is 0. The highest BCUT2D eigenvalue weighted by Gasteiger charge is 2.15. The van der Waals surface area contributed by atoms with E-state index in [1.165, 1.54) is 12.8 Å². The van der Waals surface area contributed by atoms with Crippen LogP contribution >= 0.6 is 0 Å². The average molecular weight is 246 g/mol. The quantitative estimate of drug-likeness (QED) is 0.784. The largest absolute Gasteiger partial charge is 0.479 e. The SMILES string of the molecule is N#CCOc1cccc(CNOC2CCCC2)c1. The molecule has 0 unspecified atom stereocenters. The summed E-state index contributed by atoms with van der Waals surface area (Å²) in [7, 11) is 0. The number of hydroxylamine groups is 1. The molecule has 0 aromatic heterocycles. The van der Waals surface area contributed by atoms with Crippen molar-refractivity contribution in [2.75, 3.05) is 6.61 Å². The van der Waals surface area contributed by atoms with Gasteiger partial charge >= 0.3 is 0 Å². The number of rotatable bonds is 6. The van der Waals surface area contributed by atoms with Gasteiger partial charge in [0.15, 0.2) is 6.61 Å². The molecule has 0 heterocycles. The van der Waals surface area contributed by atoms with Gasteiger partial charge in [0.05, 0.1) is 6.10 Å². The monoisotopic (exact) mass is 246 g/mol.